The molecule has 1 unspecified atom stereocenters. The number of nitrogens with one attached hydrogen (secondary N) is 1. The average molecular weight is 248 g/mol. The van der Waals surface area contributed by atoms with Crippen molar-refractivity contribution >= 4 is 21.4 Å². The van der Waals surface area contributed by atoms with Crippen LogP contribution in [0.2, 0.25) is 0 Å². The summed E-state index contributed by atoms with van der Waals surface area (Å²) in [5.74, 6) is 0.328. The summed E-state index contributed by atoms with van der Waals surface area (Å²) in [6.45, 7) is 4.24. The summed E-state index contributed by atoms with van der Waals surface area (Å²) in [5.41, 5.74) is 0. The summed E-state index contributed by atoms with van der Waals surface area (Å²) in [4.78, 5) is 4.15. The lowest BCUT2D eigenvalue weighted by Gasteiger charge is -2.09. The van der Waals surface area contributed by atoms with Gasteiger partial charge in [0.15, 0.2) is 0 Å². The van der Waals surface area contributed by atoms with E-state index in [0.29, 0.717) is 13.0 Å². The van der Waals surface area contributed by atoms with Crippen LogP contribution in [0.1, 0.15) is 31.2 Å². The minimum absolute atomic E-state index is 0.136. The molecule has 15 heavy (non-hydrogen) atoms. The molecule has 0 saturated heterocycles. The maximum Gasteiger partial charge on any atom is 0.211 e. The largest absolute Gasteiger partial charge is 0.249 e. The van der Waals surface area contributed by atoms with E-state index in [0.717, 1.165) is 5.01 Å². The van der Waals surface area contributed by atoms with Crippen molar-refractivity contribution in [3.8, 4) is 0 Å². The van der Waals surface area contributed by atoms with Gasteiger partial charge in [-0.15, -0.1) is 11.3 Å². The van der Waals surface area contributed by atoms with Crippen LogP contribution < -0.4 is 4.72 Å². The first-order valence-electron chi connectivity index (χ1n) is 4.92. The molecule has 0 aromatic carbocycles. The third kappa shape index (κ3) is 4.27. The Labute approximate surface area is 94.8 Å². The van der Waals surface area contributed by atoms with Gasteiger partial charge in [0.05, 0.1) is 10.8 Å². The fourth-order valence-electron chi connectivity index (χ4n) is 1.16. The highest BCUT2D eigenvalue weighted by Gasteiger charge is 2.13. The van der Waals surface area contributed by atoms with Gasteiger partial charge in [0.25, 0.3) is 0 Å². The molecule has 0 spiro atoms. The quantitative estimate of drug-likeness (QED) is 0.831. The molecular formula is C9H16N2O2S2. The molecule has 1 aromatic rings. The third-order valence-corrected chi connectivity index (χ3v) is 4.51. The van der Waals surface area contributed by atoms with E-state index in [1.165, 1.54) is 0 Å². The maximum atomic E-state index is 11.4. The molecule has 1 rings (SSSR count). The summed E-state index contributed by atoms with van der Waals surface area (Å²) >= 11 is 1.55. The molecule has 1 N–H and O–H groups in total. The van der Waals surface area contributed by atoms with E-state index in [1.54, 1.807) is 17.5 Å². The lowest BCUT2D eigenvalue weighted by atomic mass is 10.2. The molecule has 0 bridgehead atoms. The van der Waals surface area contributed by atoms with Gasteiger partial charge < -0.3 is 0 Å². The fraction of sp³-hybridized carbons (Fsp3) is 0.667. The number of aromatic nitrogens is 1. The van der Waals surface area contributed by atoms with Crippen molar-refractivity contribution < 1.29 is 8.42 Å². The Morgan fingerprint density at radius 1 is 1.60 bits per heavy atom. The number of nitrogens with zero attached hydrogens (tertiary/aromatic N) is 1. The lowest BCUT2D eigenvalue weighted by Crippen LogP contribution is -2.29. The van der Waals surface area contributed by atoms with E-state index in [1.807, 2.05) is 19.2 Å². The molecule has 0 aliphatic heterocycles. The van der Waals surface area contributed by atoms with Crippen LogP contribution in [0.5, 0.6) is 0 Å². The van der Waals surface area contributed by atoms with Crippen molar-refractivity contribution in [2.24, 2.45) is 0 Å². The van der Waals surface area contributed by atoms with Crippen molar-refractivity contribution in [1.29, 1.82) is 0 Å². The second-order valence-electron chi connectivity index (χ2n) is 3.44. The van der Waals surface area contributed by atoms with E-state index in [-0.39, 0.29) is 11.7 Å². The first kappa shape index (κ1) is 12.6. The highest BCUT2D eigenvalue weighted by atomic mass is 32.2. The third-order valence-electron chi connectivity index (χ3n) is 1.96. The monoisotopic (exact) mass is 248 g/mol. The van der Waals surface area contributed by atoms with E-state index < -0.39 is 10.0 Å². The first-order valence-corrected chi connectivity index (χ1v) is 7.45. The Morgan fingerprint density at radius 3 is 2.87 bits per heavy atom. The Hall–Kier alpha value is -0.460. The van der Waals surface area contributed by atoms with Gasteiger partial charge in [-0.2, -0.15) is 0 Å². The van der Waals surface area contributed by atoms with Crippen molar-refractivity contribution in [1.82, 2.24) is 9.71 Å². The predicted molar refractivity (Wildman–Crippen MR) is 62.6 cm³/mol. The first-order chi connectivity index (χ1) is 7.05. The molecule has 6 heteroatoms. The number of thiazole rings is 1. The average Bonchev–Trinajstić information content (AvgIpc) is 2.67. The van der Waals surface area contributed by atoms with Crippen LogP contribution >= 0.6 is 11.3 Å². The van der Waals surface area contributed by atoms with Crippen LogP contribution in [-0.4, -0.2) is 25.7 Å². The normalized spacial score (nSPS) is 14.0. The van der Waals surface area contributed by atoms with Gasteiger partial charge in [0, 0.05) is 24.0 Å². The van der Waals surface area contributed by atoms with Crippen LogP contribution in [0, 0.1) is 0 Å². The van der Waals surface area contributed by atoms with Crippen molar-refractivity contribution in [3.05, 3.63) is 16.6 Å². The Bertz CT molecular complexity index is 373. The number of hydrogen-bond donors (Lipinski definition) is 1. The molecule has 0 aliphatic rings. The predicted octanol–water partition coefficient (Wildman–Crippen LogP) is 1.58. The van der Waals surface area contributed by atoms with Crippen LogP contribution in [0.25, 0.3) is 0 Å². The highest BCUT2D eigenvalue weighted by molar-refractivity contribution is 7.89. The molecule has 0 aliphatic carbocycles. The second kappa shape index (κ2) is 5.58. The molecule has 0 radical (unpaired) electrons. The van der Waals surface area contributed by atoms with Gasteiger partial charge >= 0.3 is 0 Å². The van der Waals surface area contributed by atoms with Gasteiger partial charge in [-0.3, -0.25) is 0 Å². The van der Waals surface area contributed by atoms with Crippen LogP contribution in [-0.2, 0) is 10.0 Å². The standard InChI is InChI=1S/C9H16N2O2S2/c1-3-6-15(12,13)11-7-8(2)9-10-4-5-14-9/h4-5,8,11H,3,6-7H2,1-2H3. The zero-order chi connectivity index (χ0) is 11.3. The van der Waals surface area contributed by atoms with Crippen LogP contribution in [0.3, 0.4) is 0 Å². The number of rotatable bonds is 6. The Kier molecular flexibility index (Phi) is 4.69. The van der Waals surface area contributed by atoms with Gasteiger partial charge in [0.2, 0.25) is 10.0 Å². The van der Waals surface area contributed by atoms with Gasteiger partial charge in [-0.1, -0.05) is 13.8 Å². The molecule has 0 saturated carbocycles. The summed E-state index contributed by atoms with van der Waals surface area (Å²) in [6, 6.07) is 0. The van der Waals surface area contributed by atoms with Gasteiger partial charge in [-0.05, 0) is 6.42 Å². The molecule has 86 valence electrons. The van der Waals surface area contributed by atoms with Gasteiger partial charge in [-0.25, -0.2) is 18.1 Å². The minimum Gasteiger partial charge on any atom is -0.249 e. The summed E-state index contributed by atoms with van der Waals surface area (Å²) < 4.78 is 25.3. The molecule has 1 heterocycles. The Balaban J connectivity index is 2.44. The van der Waals surface area contributed by atoms with Gasteiger partial charge in [0.1, 0.15) is 0 Å². The Morgan fingerprint density at radius 2 is 2.33 bits per heavy atom. The molecule has 0 amide bonds. The zero-order valence-corrected chi connectivity index (χ0v) is 10.6. The molecular weight excluding hydrogens is 232 g/mol. The van der Waals surface area contributed by atoms with Crippen molar-refractivity contribution in [2.75, 3.05) is 12.3 Å². The summed E-state index contributed by atoms with van der Waals surface area (Å²) in [6.07, 6.45) is 2.37. The highest BCUT2D eigenvalue weighted by Crippen LogP contribution is 2.16. The number of sulfonamides is 1. The van der Waals surface area contributed by atoms with E-state index >= 15 is 0 Å². The SMILES string of the molecule is CCCS(=O)(=O)NCC(C)c1nccs1. The fourth-order valence-corrected chi connectivity index (χ4v) is 3.04. The van der Waals surface area contributed by atoms with E-state index in [4.69, 9.17) is 0 Å². The van der Waals surface area contributed by atoms with Crippen LogP contribution in [0.4, 0.5) is 0 Å². The van der Waals surface area contributed by atoms with Crippen molar-refractivity contribution in [3.63, 3.8) is 0 Å². The second-order valence-corrected chi connectivity index (χ2v) is 6.29. The molecule has 1 atom stereocenters. The van der Waals surface area contributed by atoms with E-state index in [2.05, 4.69) is 9.71 Å². The smallest absolute Gasteiger partial charge is 0.211 e. The number of hydrogen-bond acceptors (Lipinski definition) is 4. The molecule has 0 fully saturated rings. The summed E-state index contributed by atoms with van der Waals surface area (Å²) in [5, 5.41) is 2.86. The lowest BCUT2D eigenvalue weighted by molar-refractivity contribution is 0.573. The molecule has 4 nitrogen and oxygen atoms in total. The molecule has 1 aromatic heterocycles. The zero-order valence-electron chi connectivity index (χ0n) is 8.93. The van der Waals surface area contributed by atoms with Crippen molar-refractivity contribution in [2.45, 2.75) is 26.2 Å². The summed E-state index contributed by atoms with van der Waals surface area (Å²) in [7, 11) is -3.09. The minimum atomic E-state index is -3.09. The topological polar surface area (TPSA) is 59.1 Å². The maximum absolute atomic E-state index is 11.4. The van der Waals surface area contributed by atoms with E-state index in [9.17, 15) is 8.42 Å². The van der Waals surface area contributed by atoms with Crippen LogP contribution in [0.15, 0.2) is 11.6 Å².